The van der Waals surface area contributed by atoms with Crippen LogP contribution in [-0.4, -0.2) is 31.6 Å². The monoisotopic (exact) mass is 475 g/mol. The van der Waals surface area contributed by atoms with Crippen molar-refractivity contribution in [3.8, 4) is 5.75 Å². The lowest BCUT2D eigenvalue weighted by Gasteiger charge is -2.30. The molecule has 0 radical (unpaired) electrons. The van der Waals surface area contributed by atoms with Crippen molar-refractivity contribution in [2.75, 3.05) is 18.6 Å². The number of hydrogen-bond acceptors (Lipinski definition) is 4. The smallest absolute Gasteiger partial charge is 0.416 e. The molecular weight excluding hydrogens is 447 g/mol. The van der Waals surface area contributed by atoms with Crippen LogP contribution < -0.4 is 9.64 Å². The van der Waals surface area contributed by atoms with Gasteiger partial charge in [-0.3, -0.25) is 9.59 Å². The maximum atomic E-state index is 14.1. The van der Waals surface area contributed by atoms with Crippen molar-refractivity contribution in [2.45, 2.75) is 57.2 Å². The van der Waals surface area contributed by atoms with Gasteiger partial charge in [-0.05, 0) is 60.6 Å². The summed E-state index contributed by atoms with van der Waals surface area (Å²) >= 11 is 0. The molecule has 0 unspecified atom stereocenters. The third-order valence-electron chi connectivity index (χ3n) is 6.80. The number of ether oxygens (including phenoxy) is 2. The van der Waals surface area contributed by atoms with Crippen LogP contribution in [0.5, 0.6) is 5.75 Å². The Morgan fingerprint density at radius 2 is 1.76 bits per heavy atom. The highest BCUT2D eigenvalue weighted by atomic mass is 19.4. The second-order valence-electron chi connectivity index (χ2n) is 9.01. The molecule has 1 heterocycles. The number of halogens is 3. The number of amides is 1. The van der Waals surface area contributed by atoms with Crippen LogP contribution in [0.15, 0.2) is 42.5 Å². The van der Waals surface area contributed by atoms with E-state index in [9.17, 15) is 22.8 Å². The van der Waals surface area contributed by atoms with Crippen molar-refractivity contribution in [3.63, 3.8) is 0 Å². The maximum absolute atomic E-state index is 14.1. The first kappa shape index (κ1) is 24.1. The van der Waals surface area contributed by atoms with Crippen molar-refractivity contribution >= 4 is 17.6 Å². The van der Waals surface area contributed by atoms with Crippen molar-refractivity contribution in [3.05, 3.63) is 59.2 Å². The second-order valence-corrected chi connectivity index (χ2v) is 9.01. The number of rotatable bonds is 5. The number of anilines is 1. The molecule has 0 saturated heterocycles. The number of carbonyl (C=O) groups excluding carboxylic acids is 2. The van der Waals surface area contributed by atoms with E-state index in [2.05, 4.69) is 0 Å². The lowest BCUT2D eigenvalue weighted by molar-refractivity contribution is -0.154. The first-order valence-corrected chi connectivity index (χ1v) is 11.5. The lowest BCUT2D eigenvalue weighted by Crippen LogP contribution is -2.45. The maximum Gasteiger partial charge on any atom is 0.416 e. The SMILES string of the molecule is COc1ccc([C@@H]2Cc3c(cccc3C(F)(F)F)N(CC3CCCC3)C(=O)[C@@H]2OC(C)=O)cc1. The average Bonchev–Trinajstić information content (AvgIpc) is 3.28. The third-order valence-corrected chi connectivity index (χ3v) is 6.80. The van der Waals surface area contributed by atoms with E-state index in [0.717, 1.165) is 31.7 Å². The number of nitrogens with zero attached hydrogens (tertiary/aromatic N) is 1. The Hall–Kier alpha value is -3.03. The highest BCUT2D eigenvalue weighted by Gasteiger charge is 2.44. The van der Waals surface area contributed by atoms with E-state index in [-0.39, 0.29) is 23.6 Å². The largest absolute Gasteiger partial charge is 0.497 e. The fraction of sp³-hybridized carbons (Fsp3) is 0.462. The molecule has 5 nitrogen and oxygen atoms in total. The summed E-state index contributed by atoms with van der Waals surface area (Å²) in [5.41, 5.74) is 0.138. The van der Waals surface area contributed by atoms with Crippen LogP contribution in [-0.2, 0) is 26.9 Å². The molecule has 1 saturated carbocycles. The Bertz CT molecular complexity index is 1050. The lowest BCUT2D eigenvalue weighted by atomic mass is 9.86. The summed E-state index contributed by atoms with van der Waals surface area (Å²) in [5, 5.41) is 0. The number of hydrogen-bond donors (Lipinski definition) is 0. The summed E-state index contributed by atoms with van der Waals surface area (Å²) in [6, 6.07) is 10.7. The van der Waals surface area contributed by atoms with Crippen LogP contribution in [0.2, 0.25) is 0 Å². The predicted molar refractivity (Wildman–Crippen MR) is 121 cm³/mol. The quantitative estimate of drug-likeness (QED) is 0.536. The van der Waals surface area contributed by atoms with Crippen LogP contribution in [0.25, 0.3) is 0 Å². The molecule has 2 atom stereocenters. The molecule has 182 valence electrons. The Morgan fingerprint density at radius 1 is 1.09 bits per heavy atom. The van der Waals surface area contributed by atoms with Crippen molar-refractivity contribution in [1.82, 2.24) is 0 Å². The summed E-state index contributed by atoms with van der Waals surface area (Å²) in [6.07, 6.45) is -2.02. The van der Waals surface area contributed by atoms with Crippen molar-refractivity contribution < 1.29 is 32.2 Å². The topological polar surface area (TPSA) is 55.8 Å². The average molecular weight is 476 g/mol. The molecule has 0 spiro atoms. The minimum atomic E-state index is -4.58. The number of benzene rings is 2. The van der Waals surface area contributed by atoms with E-state index >= 15 is 0 Å². The van der Waals surface area contributed by atoms with E-state index in [1.807, 2.05) is 0 Å². The molecular formula is C26H28F3NO4. The fourth-order valence-corrected chi connectivity index (χ4v) is 5.17. The van der Waals surface area contributed by atoms with Gasteiger partial charge in [0.15, 0.2) is 6.10 Å². The van der Waals surface area contributed by atoms with Crippen LogP contribution in [0.3, 0.4) is 0 Å². The normalized spacial score (nSPS) is 21.2. The van der Waals surface area contributed by atoms with Crippen LogP contribution >= 0.6 is 0 Å². The standard InChI is InChI=1S/C26H28F3NO4/c1-16(31)34-24-20(18-10-12-19(33-2)13-11-18)14-21-22(26(27,28)29)8-5-9-23(21)30(25(24)32)15-17-6-3-4-7-17/h5,8-13,17,20,24H,3-4,6-7,14-15H2,1-2H3/t20-,24+/m0/s1. The van der Waals surface area contributed by atoms with E-state index in [1.165, 1.54) is 25.0 Å². The van der Waals surface area contributed by atoms with E-state index < -0.39 is 35.6 Å². The molecule has 0 N–H and O–H groups in total. The van der Waals surface area contributed by atoms with Gasteiger partial charge in [-0.2, -0.15) is 13.2 Å². The van der Waals surface area contributed by atoms with Gasteiger partial charge < -0.3 is 14.4 Å². The summed E-state index contributed by atoms with van der Waals surface area (Å²) < 4.78 is 52.9. The molecule has 0 bridgehead atoms. The molecule has 0 aromatic heterocycles. The Kier molecular flexibility index (Phi) is 6.86. The van der Waals surface area contributed by atoms with Crippen LogP contribution in [0, 0.1) is 5.92 Å². The van der Waals surface area contributed by atoms with Gasteiger partial charge in [-0.1, -0.05) is 31.0 Å². The number of fused-ring (bicyclic) bond motifs is 1. The molecule has 4 rings (SSSR count). The zero-order chi connectivity index (χ0) is 24.5. The Balaban J connectivity index is 1.87. The zero-order valence-corrected chi connectivity index (χ0v) is 19.2. The Labute approximate surface area is 196 Å². The van der Waals surface area contributed by atoms with Gasteiger partial charge in [-0.15, -0.1) is 0 Å². The molecule has 1 fully saturated rings. The highest BCUT2D eigenvalue weighted by molar-refractivity contribution is 6.00. The van der Waals surface area contributed by atoms with Crippen LogP contribution in [0.1, 0.15) is 55.2 Å². The minimum Gasteiger partial charge on any atom is -0.497 e. The summed E-state index contributed by atoms with van der Waals surface area (Å²) in [7, 11) is 1.51. The summed E-state index contributed by atoms with van der Waals surface area (Å²) in [4.78, 5) is 27.3. The third kappa shape index (κ3) is 4.91. The molecule has 1 aliphatic heterocycles. The van der Waals surface area contributed by atoms with Crippen LogP contribution in [0.4, 0.5) is 18.9 Å². The molecule has 1 aliphatic carbocycles. The summed E-state index contributed by atoms with van der Waals surface area (Å²) in [5.74, 6) is -1.15. The first-order valence-electron chi connectivity index (χ1n) is 11.5. The molecule has 1 amide bonds. The van der Waals surface area contributed by atoms with Gasteiger partial charge in [0.05, 0.1) is 12.7 Å². The molecule has 8 heteroatoms. The molecule has 34 heavy (non-hydrogen) atoms. The van der Waals surface area contributed by atoms with Gasteiger partial charge in [0, 0.05) is 25.1 Å². The zero-order valence-electron chi connectivity index (χ0n) is 19.2. The van der Waals surface area contributed by atoms with Gasteiger partial charge in [0.25, 0.3) is 5.91 Å². The molecule has 2 aliphatic rings. The summed E-state index contributed by atoms with van der Waals surface area (Å²) in [6.45, 7) is 1.51. The van der Waals surface area contributed by atoms with Gasteiger partial charge >= 0.3 is 12.1 Å². The molecule has 2 aromatic rings. The second kappa shape index (κ2) is 9.68. The minimum absolute atomic E-state index is 0.0526. The van der Waals surface area contributed by atoms with Gasteiger partial charge in [0.2, 0.25) is 0 Å². The Morgan fingerprint density at radius 3 is 2.35 bits per heavy atom. The predicted octanol–water partition coefficient (Wildman–Crippen LogP) is 5.51. The van der Waals surface area contributed by atoms with Crippen molar-refractivity contribution in [1.29, 1.82) is 0 Å². The number of esters is 1. The fourth-order valence-electron chi connectivity index (χ4n) is 5.17. The van der Waals surface area contributed by atoms with Gasteiger partial charge in [-0.25, -0.2) is 0 Å². The number of methoxy groups -OCH3 is 1. The van der Waals surface area contributed by atoms with Gasteiger partial charge in [0.1, 0.15) is 5.75 Å². The van der Waals surface area contributed by atoms with E-state index in [1.54, 1.807) is 30.3 Å². The molecule has 2 aromatic carbocycles. The van der Waals surface area contributed by atoms with Crippen molar-refractivity contribution in [2.24, 2.45) is 5.92 Å². The number of carbonyl (C=O) groups is 2. The number of alkyl halides is 3. The van der Waals surface area contributed by atoms with E-state index in [0.29, 0.717) is 17.9 Å². The highest BCUT2D eigenvalue weighted by Crippen LogP contribution is 2.43. The van der Waals surface area contributed by atoms with E-state index in [4.69, 9.17) is 9.47 Å². The first-order chi connectivity index (χ1) is 16.2.